The SMILES string of the molecule is O=C(CCSCc1ccccc1)Nc1ccc(OC(F)(F)F)cc1. The standard InChI is InChI=1S/C17H16F3NO2S/c18-17(19,20)23-15-8-6-14(7-9-15)21-16(22)10-11-24-12-13-4-2-1-3-5-13/h1-9H,10-12H2,(H,21,22). The Morgan fingerprint density at radius 2 is 1.71 bits per heavy atom. The van der Waals surface area contributed by atoms with Crippen LogP contribution < -0.4 is 10.1 Å². The van der Waals surface area contributed by atoms with Gasteiger partial charge in [-0.1, -0.05) is 30.3 Å². The van der Waals surface area contributed by atoms with Crippen molar-refractivity contribution in [3.8, 4) is 5.75 Å². The lowest BCUT2D eigenvalue weighted by Crippen LogP contribution is -2.17. The van der Waals surface area contributed by atoms with E-state index in [-0.39, 0.29) is 11.7 Å². The average molecular weight is 355 g/mol. The fourth-order valence-electron chi connectivity index (χ4n) is 1.89. The molecule has 0 aromatic heterocycles. The molecule has 24 heavy (non-hydrogen) atoms. The van der Waals surface area contributed by atoms with Gasteiger partial charge in [-0.15, -0.1) is 13.2 Å². The normalized spacial score (nSPS) is 11.1. The van der Waals surface area contributed by atoms with Crippen LogP contribution in [0.1, 0.15) is 12.0 Å². The summed E-state index contributed by atoms with van der Waals surface area (Å²) in [5.74, 6) is 0.993. The molecule has 2 aromatic carbocycles. The summed E-state index contributed by atoms with van der Waals surface area (Å²) < 4.78 is 39.9. The first-order valence-electron chi connectivity index (χ1n) is 7.20. The average Bonchev–Trinajstić information content (AvgIpc) is 2.53. The Morgan fingerprint density at radius 3 is 2.33 bits per heavy atom. The zero-order valence-corrected chi connectivity index (χ0v) is 13.5. The molecule has 0 aliphatic carbocycles. The minimum Gasteiger partial charge on any atom is -0.406 e. The molecular formula is C17H16F3NO2S. The molecule has 128 valence electrons. The van der Waals surface area contributed by atoms with Crippen molar-refractivity contribution < 1.29 is 22.7 Å². The number of anilines is 1. The van der Waals surface area contributed by atoms with Gasteiger partial charge in [-0.2, -0.15) is 11.8 Å². The van der Waals surface area contributed by atoms with E-state index in [2.05, 4.69) is 10.1 Å². The molecule has 0 saturated heterocycles. The van der Waals surface area contributed by atoms with Gasteiger partial charge in [0.15, 0.2) is 0 Å². The molecule has 2 aromatic rings. The Kier molecular flexibility index (Phi) is 6.54. The van der Waals surface area contributed by atoms with E-state index < -0.39 is 6.36 Å². The number of ether oxygens (including phenoxy) is 1. The number of rotatable bonds is 7. The second-order valence-corrected chi connectivity index (χ2v) is 6.01. The van der Waals surface area contributed by atoms with Crippen LogP contribution in [0.5, 0.6) is 5.75 Å². The first kappa shape index (κ1) is 18.2. The van der Waals surface area contributed by atoms with Gasteiger partial charge >= 0.3 is 6.36 Å². The van der Waals surface area contributed by atoms with Gasteiger partial charge < -0.3 is 10.1 Å². The van der Waals surface area contributed by atoms with Crippen molar-refractivity contribution in [3.63, 3.8) is 0 Å². The van der Waals surface area contributed by atoms with E-state index in [1.807, 2.05) is 30.3 Å². The fourth-order valence-corrected chi connectivity index (χ4v) is 2.79. The lowest BCUT2D eigenvalue weighted by molar-refractivity contribution is -0.274. The zero-order chi connectivity index (χ0) is 17.4. The highest BCUT2D eigenvalue weighted by atomic mass is 32.2. The summed E-state index contributed by atoms with van der Waals surface area (Å²) in [7, 11) is 0. The van der Waals surface area contributed by atoms with E-state index >= 15 is 0 Å². The van der Waals surface area contributed by atoms with E-state index in [1.54, 1.807) is 11.8 Å². The van der Waals surface area contributed by atoms with Crippen LogP contribution in [-0.4, -0.2) is 18.0 Å². The molecule has 0 heterocycles. The van der Waals surface area contributed by atoms with Crippen molar-refractivity contribution in [2.45, 2.75) is 18.5 Å². The Labute approximate surface area is 142 Å². The predicted molar refractivity (Wildman–Crippen MR) is 89.0 cm³/mol. The summed E-state index contributed by atoms with van der Waals surface area (Å²) in [6.07, 6.45) is -4.39. The molecule has 1 amide bonds. The summed E-state index contributed by atoms with van der Waals surface area (Å²) in [6, 6.07) is 15.0. The van der Waals surface area contributed by atoms with Gasteiger partial charge in [-0.3, -0.25) is 4.79 Å². The fraction of sp³-hybridized carbons (Fsp3) is 0.235. The van der Waals surface area contributed by atoms with E-state index in [0.29, 0.717) is 17.9 Å². The highest BCUT2D eigenvalue weighted by molar-refractivity contribution is 7.98. The van der Waals surface area contributed by atoms with Crippen LogP contribution in [0.4, 0.5) is 18.9 Å². The maximum absolute atomic E-state index is 12.1. The van der Waals surface area contributed by atoms with Crippen LogP contribution in [-0.2, 0) is 10.5 Å². The van der Waals surface area contributed by atoms with Gasteiger partial charge in [-0.25, -0.2) is 0 Å². The van der Waals surface area contributed by atoms with E-state index in [1.165, 1.54) is 17.7 Å². The lowest BCUT2D eigenvalue weighted by atomic mass is 10.2. The van der Waals surface area contributed by atoms with Gasteiger partial charge in [-0.05, 0) is 29.8 Å². The molecule has 0 atom stereocenters. The number of hydrogen-bond donors (Lipinski definition) is 1. The van der Waals surface area contributed by atoms with Crippen molar-refractivity contribution in [1.82, 2.24) is 0 Å². The largest absolute Gasteiger partial charge is 0.573 e. The summed E-state index contributed by atoms with van der Waals surface area (Å²) in [5, 5.41) is 2.64. The van der Waals surface area contributed by atoms with Crippen LogP contribution in [0.25, 0.3) is 0 Å². The maximum atomic E-state index is 12.1. The molecule has 0 aliphatic heterocycles. The topological polar surface area (TPSA) is 38.3 Å². The number of thioether (sulfide) groups is 1. The Hall–Kier alpha value is -2.15. The number of nitrogens with one attached hydrogen (secondary N) is 1. The minimum absolute atomic E-state index is 0.181. The Balaban J connectivity index is 1.70. The van der Waals surface area contributed by atoms with E-state index in [4.69, 9.17) is 0 Å². The van der Waals surface area contributed by atoms with Gasteiger partial charge in [0.05, 0.1) is 0 Å². The quantitative estimate of drug-likeness (QED) is 0.722. The third-order valence-corrected chi connectivity index (χ3v) is 3.99. The van der Waals surface area contributed by atoms with Crippen molar-refractivity contribution in [3.05, 3.63) is 60.2 Å². The number of carbonyl (C=O) groups excluding carboxylic acids is 1. The first-order valence-corrected chi connectivity index (χ1v) is 8.35. The molecule has 7 heteroatoms. The van der Waals surface area contributed by atoms with Gasteiger partial charge in [0.25, 0.3) is 0 Å². The Morgan fingerprint density at radius 1 is 1.04 bits per heavy atom. The molecule has 0 unspecified atom stereocenters. The first-order chi connectivity index (χ1) is 11.4. The molecule has 0 aliphatic rings. The smallest absolute Gasteiger partial charge is 0.406 e. The molecule has 2 rings (SSSR count). The molecular weight excluding hydrogens is 339 g/mol. The van der Waals surface area contributed by atoms with Crippen molar-refractivity contribution in [1.29, 1.82) is 0 Å². The lowest BCUT2D eigenvalue weighted by Gasteiger charge is -2.10. The van der Waals surface area contributed by atoms with Crippen molar-refractivity contribution >= 4 is 23.4 Å². The number of benzene rings is 2. The maximum Gasteiger partial charge on any atom is 0.573 e. The monoisotopic (exact) mass is 355 g/mol. The summed E-state index contributed by atoms with van der Waals surface area (Å²) in [6.45, 7) is 0. The van der Waals surface area contributed by atoms with E-state index in [0.717, 1.165) is 17.9 Å². The second kappa shape index (κ2) is 8.63. The third kappa shape index (κ3) is 6.95. The molecule has 0 bridgehead atoms. The number of alkyl halides is 3. The highest BCUT2D eigenvalue weighted by Crippen LogP contribution is 2.24. The molecule has 0 spiro atoms. The van der Waals surface area contributed by atoms with Crippen LogP contribution in [0.2, 0.25) is 0 Å². The van der Waals surface area contributed by atoms with Gasteiger partial charge in [0.1, 0.15) is 5.75 Å². The van der Waals surface area contributed by atoms with Gasteiger partial charge in [0.2, 0.25) is 5.91 Å². The van der Waals surface area contributed by atoms with Crippen LogP contribution >= 0.6 is 11.8 Å². The highest BCUT2D eigenvalue weighted by Gasteiger charge is 2.30. The van der Waals surface area contributed by atoms with Crippen molar-refractivity contribution in [2.24, 2.45) is 0 Å². The molecule has 0 radical (unpaired) electrons. The summed E-state index contributed by atoms with van der Waals surface area (Å²) in [5.41, 5.74) is 1.63. The number of hydrogen-bond acceptors (Lipinski definition) is 3. The molecule has 3 nitrogen and oxygen atoms in total. The van der Waals surface area contributed by atoms with Crippen molar-refractivity contribution in [2.75, 3.05) is 11.1 Å². The minimum atomic E-state index is -4.72. The number of halogens is 3. The van der Waals surface area contributed by atoms with Crippen LogP contribution in [0.3, 0.4) is 0 Å². The third-order valence-electron chi connectivity index (χ3n) is 2.96. The van der Waals surface area contributed by atoms with Crippen LogP contribution in [0, 0.1) is 0 Å². The molecule has 0 saturated carbocycles. The van der Waals surface area contributed by atoms with E-state index in [9.17, 15) is 18.0 Å². The predicted octanol–water partition coefficient (Wildman–Crippen LogP) is 4.85. The molecule has 1 N–H and O–H groups in total. The Bertz CT molecular complexity index is 645. The van der Waals surface area contributed by atoms with Crippen LogP contribution in [0.15, 0.2) is 54.6 Å². The number of amides is 1. The zero-order valence-electron chi connectivity index (χ0n) is 12.7. The molecule has 0 fully saturated rings. The second-order valence-electron chi connectivity index (χ2n) is 4.91. The number of carbonyl (C=O) groups is 1. The summed E-state index contributed by atoms with van der Waals surface area (Å²) >= 11 is 1.65. The summed E-state index contributed by atoms with van der Waals surface area (Å²) in [4.78, 5) is 11.8. The van der Waals surface area contributed by atoms with Gasteiger partial charge in [0, 0.05) is 23.6 Å².